The van der Waals surface area contributed by atoms with Crippen molar-refractivity contribution in [1.82, 2.24) is 19.4 Å². The molecular formula is C14H20N4O2. The Labute approximate surface area is 118 Å². The summed E-state index contributed by atoms with van der Waals surface area (Å²) in [5, 5.41) is 0. The molecule has 2 rings (SSSR count). The molecule has 1 amide bonds. The van der Waals surface area contributed by atoms with Crippen molar-refractivity contribution >= 4 is 12.2 Å². The molecule has 6 heteroatoms. The molecule has 6 nitrogen and oxygen atoms in total. The van der Waals surface area contributed by atoms with Crippen molar-refractivity contribution in [3.05, 3.63) is 29.9 Å². The highest BCUT2D eigenvalue weighted by atomic mass is 16.2. The van der Waals surface area contributed by atoms with Crippen LogP contribution in [0.5, 0.6) is 0 Å². The number of likely N-dealkylation sites (N-methyl/N-ethyl adjacent to an activating group) is 1. The largest absolute Gasteiger partial charge is 0.330 e. The molecule has 108 valence electrons. The predicted octanol–water partition coefficient (Wildman–Crippen LogP) is 0.546. The molecule has 0 radical (unpaired) electrons. The Morgan fingerprint density at radius 3 is 3.00 bits per heavy atom. The van der Waals surface area contributed by atoms with Crippen LogP contribution in [-0.2, 0) is 17.9 Å². The number of hydrogen-bond acceptors (Lipinski definition) is 4. The Bertz CT molecular complexity index is 521. The fraction of sp³-hybridized carbons (Fsp3) is 0.500. The topological polar surface area (TPSA) is 58.4 Å². The number of fused-ring (bicyclic) bond motifs is 1. The van der Waals surface area contributed by atoms with Gasteiger partial charge in [0.25, 0.3) is 0 Å². The lowest BCUT2D eigenvalue weighted by Crippen LogP contribution is -2.38. The standard InChI is InChI=1S/C14H20N4O2/c1-3-16(2)6-4-5-14(20)17-7-8-18-12(11-19)9-15-13(18)10-17/h4-5,9,11H,3,6-8,10H2,1-2H3/b5-4+. The van der Waals surface area contributed by atoms with Gasteiger partial charge in [0.05, 0.1) is 12.7 Å². The summed E-state index contributed by atoms with van der Waals surface area (Å²) in [6.45, 7) is 5.48. The van der Waals surface area contributed by atoms with E-state index in [1.165, 1.54) is 0 Å². The molecule has 1 aliphatic rings. The molecule has 0 atom stereocenters. The van der Waals surface area contributed by atoms with Gasteiger partial charge in [0.1, 0.15) is 11.5 Å². The lowest BCUT2D eigenvalue weighted by molar-refractivity contribution is -0.127. The van der Waals surface area contributed by atoms with Crippen LogP contribution in [0, 0.1) is 0 Å². The van der Waals surface area contributed by atoms with Gasteiger partial charge in [-0.15, -0.1) is 0 Å². The highest BCUT2D eigenvalue weighted by molar-refractivity contribution is 5.87. The molecule has 0 fully saturated rings. The molecule has 0 spiro atoms. The molecule has 0 bridgehead atoms. The summed E-state index contributed by atoms with van der Waals surface area (Å²) >= 11 is 0. The van der Waals surface area contributed by atoms with Crippen molar-refractivity contribution in [1.29, 1.82) is 0 Å². The minimum absolute atomic E-state index is 0.00333. The van der Waals surface area contributed by atoms with Gasteiger partial charge in [0.2, 0.25) is 5.91 Å². The zero-order valence-electron chi connectivity index (χ0n) is 12.0. The van der Waals surface area contributed by atoms with E-state index < -0.39 is 0 Å². The highest BCUT2D eigenvalue weighted by Crippen LogP contribution is 2.13. The van der Waals surface area contributed by atoms with E-state index >= 15 is 0 Å². The number of carbonyl (C=O) groups is 2. The molecule has 0 saturated heterocycles. The molecule has 0 saturated carbocycles. The van der Waals surface area contributed by atoms with Crippen LogP contribution in [0.25, 0.3) is 0 Å². The van der Waals surface area contributed by atoms with Gasteiger partial charge in [-0.3, -0.25) is 9.59 Å². The Hall–Kier alpha value is -1.95. The van der Waals surface area contributed by atoms with Crippen molar-refractivity contribution < 1.29 is 9.59 Å². The van der Waals surface area contributed by atoms with Crippen LogP contribution in [0.2, 0.25) is 0 Å². The first-order chi connectivity index (χ1) is 9.65. The maximum absolute atomic E-state index is 12.1. The minimum atomic E-state index is -0.00333. The van der Waals surface area contributed by atoms with Gasteiger partial charge in [-0.1, -0.05) is 13.0 Å². The second-order valence-corrected chi connectivity index (χ2v) is 4.89. The zero-order valence-corrected chi connectivity index (χ0v) is 12.0. The molecular weight excluding hydrogens is 256 g/mol. The predicted molar refractivity (Wildman–Crippen MR) is 75.3 cm³/mol. The lowest BCUT2D eigenvalue weighted by Gasteiger charge is -2.27. The molecule has 0 aliphatic carbocycles. The maximum Gasteiger partial charge on any atom is 0.246 e. The monoisotopic (exact) mass is 276 g/mol. The number of aldehydes is 1. The smallest absolute Gasteiger partial charge is 0.246 e. The number of hydrogen-bond donors (Lipinski definition) is 0. The quantitative estimate of drug-likeness (QED) is 0.582. The Kier molecular flexibility index (Phi) is 4.68. The van der Waals surface area contributed by atoms with E-state index in [-0.39, 0.29) is 5.91 Å². The maximum atomic E-state index is 12.1. The first-order valence-corrected chi connectivity index (χ1v) is 6.79. The van der Waals surface area contributed by atoms with E-state index in [4.69, 9.17) is 0 Å². The van der Waals surface area contributed by atoms with Crippen LogP contribution in [0.1, 0.15) is 23.2 Å². The van der Waals surface area contributed by atoms with Crippen LogP contribution in [0.15, 0.2) is 18.3 Å². The molecule has 1 aromatic rings. The van der Waals surface area contributed by atoms with Crippen LogP contribution in [0.4, 0.5) is 0 Å². The summed E-state index contributed by atoms with van der Waals surface area (Å²) in [4.78, 5) is 31.0. The van der Waals surface area contributed by atoms with Gasteiger partial charge in [0, 0.05) is 25.7 Å². The first kappa shape index (κ1) is 14.5. The Morgan fingerprint density at radius 2 is 2.30 bits per heavy atom. The number of carbonyl (C=O) groups excluding carboxylic acids is 2. The summed E-state index contributed by atoms with van der Waals surface area (Å²) in [6, 6.07) is 0. The van der Waals surface area contributed by atoms with Crippen LogP contribution in [-0.4, -0.2) is 58.2 Å². The number of amides is 1. The lowest BCUT2D eigenvalue weighted by atomic mass is 10.3. The molecule has 2 heterocycles. The minimum Gasteiger partial charge on any atom is -0.330 e. The fourth-order valence-electron chi connectivity index (χ4n) is 2.13. The van der Waals surface area contributed by atoms with Gasteiger partial charge in [-0.05, 0) is 13.6 Å². The van der Waals surface area contributed by atoms with Crippen LogP contribution in [0.3, 0.4) is 0 Å². The Balaban J connectivity index is 1.95. The average molecular weight is 276 g/mol. The molecule has 0 N–H and O–H groups in total. The third-order valence-corrected chi connectivity index (χ3v) is 3.54. The normalized spacial score (nSPS) is 14.8. The molecule has 0 aromatic carbocycles. The highest BCUT2D eigenvalue weighted by Gasteiger charge is 2.21. The second kappa shape index (κ2) is 6.47. The van der Waals surface area contributed by atoms with Crippen LogP contribution < -0.4 is 0 Å². The molecule has 20 heavy (non-hydrogen) atoms. The van der Waals surface area contributed by atoms with E-state index in [9.17, 15) is 9.59 Å². The number of imidazole rings is 1. The van der Waals surface area contributed by atoms with Gasteiger partial charge in [-0.25, -0.2) is 4.98 Å². The molecule has 1 aromatic heterocycles. The number of nitrogens with zero attached hydrogens (tertiary/aromatic N) is 4. The first-order valence-electron chi connectivity index (χ1n) is 6.79. The van der Waals surface area contributed by atoms with Gasteiger partial charge in [0.15, 0.2) is 6.29 Å². The zero-order chi connectivity index (χ0) is 14.5. The van der Waals surface area contributed by atoms with E-state index in [0.29, 0.717) is 25.3 Å². The van der Waals surface area contributed by atoms with Gasteiger partial charge in [-0.2, -0.15) is 0 Å². The second-order valence-electron chi connectivity index (χ2n) is 4.89. The SMILES string of the molecule is CCN(C)C/C=C/C(=O)N1CCn2c(C=O)cnc2C1. The average Bonchev–Trinajstić information content (AvgIpc) is 2.88. The van der Waals surface area contributed by atoms with Gasteiger partial charge < -0.3 is 14.4 Å². The third-order valence-electron chi connectivity index (χ3n) is 3.54. The molecule has 1 aliphatic heterocycles. The van der Waals surface area contributed by atoms with Crippen molar-refractivity contribution in [2.75, 3.05) is 26.7 Å². The fourth-order valence-corrected chi connectivity index (χ4v) is 2.13. The Morgan fingerprint density at radius 1 is 1.50 bits per heavy atom. The summed E-state index contributed by atoms with van der Waals surface area (Å²) < 4.78 is 1.87. The van der Waals surface area contributed by atoms with E-state index in [1.807, 2.05) is 17.7 Å². The van der Waals surface area contributed by atoms with E-state index in [1.54, 1.807) is 17.2 Å². The van der Waals surface area contributed by atoms with E-state index in [0.717, 1.165) is 25.2 Å². The molecule has 0 unspecified atom stereocenters. The third kappa shape index (κ3) is 3.14. The van der Waals surface area contributed by atoms with Crippen LogP contribution >= 0.6 is 0 Å². The van der Waals surface area contributed by atoms with Gasteiger partial charge >= 0.3 is 0 Å². The van der Waals surface area contributed by atoms with Crippen molar-refractivity contribution in [2.45, 2.75) is 20.0 Å². The summed E-state index contributed by atoms with van der Waals surface area (Å²) in [7, 11) is 2.01. The van der Waals surface area contributed by atoms with Crippen molar-refractivity contribution in [3.63, 3.8) is 0 Å². The number of aromatic nitrogens is 2. The van der Waals surface area contributed by atoms with Crippen molar-refractivity contribution in [3.8, 4) is 0 Å². The summed E-state index contributed by atoms with van der Waals surface area (Å²) in [5.74, 6) is 0.766. The van der Waals surface area contributed by atoms with Crippen molar-refractivity contribution in [2.24, 2.45) is 0 Å². The summed E-state index contributed by atoms with van der Waals surface area (Å²) in [5.41, 5.74) is 0.576. The van der Waals surface area contributed by atoms with E-state index in [2.05, 4.69) is 16.8 Å². The number of rotatable bonds is 5. The summed E-state index contributed by atoms with van der Waals surface area (Å²) in [6.07, 6.45) is 5.85.